The number of amides is 1. The minimum Gasteiger partial charge on any atom is -0.299 e. The van der Waals surface area contributed by atoms with E-state index in [0.29, 0.717) is 22.1 Å². The molecule has 0 saturated heterocycles. The van der Waals surface area contributed by atoms with E-state index in [4.69, 9.17) is 23.2 Å². The van der Waals surface area contributed by atoms with E-state index in [1.807, 2.05) is 0 Å². The Morgan fingerprint density at radius 1 is 1.25 bits per heavy atom. The molecule has 64 valence electrons. The molecule has 1 amide bonds. The Balaban J connectivity index is 2.75. The van der Waals surface area contributed by atoms with E-state index in [9.17, 15) is 4.79 Å². The summed E-state index contributed by atoms with van der Waals surface area (Å²) in [5.74, 6) is 0. The highest BCUT2D eigenvalue weighted by atomic mass is 35.5. The lowest BCUT2D eigenvalue weighted by atomic mass is 10.3. The van der Waals surface area contributed by atoms with Crippen LogP contribution >= 0.6 is 23.2 Å². The van der Waals surface area contributed by atoms with Crippen LogP contribution in [0.2, 0.25) is 10.0 Å². The van der Waals surface area contributed by atoms with Gasteiger partial charge in [-0.25, -0.2) is 0 Å². The third kappa shape index (κ3) is 2.29. The molecule has 0 saturated carbocycles. The third-order valence-corrected chi connectivity index (χ3v) is 1.93. The molecule has 0 spiro atoms. The number of carbonyl (C=O) groups excluding carboxylic acids is 1. The molecule has 0 unspecified atom stereocenters. The van der Waals surface area contributed by atoms with E-state index in [1.54, 1.807) is 18.2 Å². The average Bonchev–Trinajstić information content (AvgIpc) is 2.07. The summed E-state index contributed by atoms with van der Waals surface area (Å²) < 4.78 is 0. The topological polar surface area (TPSA) is 41.1 Å². The number of rotatable bonds is 3. The van der Waals surface area contributed by atoms with Crippen LogP contribution in [0.1, 0.15) is 0 Å². The Morgan fingerprint density at radius 2 is 2.00 bits per heavy atom. The molecule has 2 N–H and O–H groups in total. The quantitative estimate of drug-likeness (QED) is 0.585. The van der Waals surface area contributed by atoms with Crippen LogP contribution in [-0.2, 0) is 4.79 Å². The highest BCUT2D eigenvalue weighted by Crippen LogP contribution is 2.24. The maximum Gasteiger partial charge on any atom is 0.225 e. The molecule has 0 atom stereocenters. The predicted molar refractivity (Wildman–Crippen MR) is 49.3 cm³/mol. The highest BCUT2D eigenvalue weighted by Gasteiger charge is 1.97. The average molecular weight is 205 g/mol. The monoisotopic (exact) mass is 204 g/mol. The summed E-state index contributed by atoms with van der Waals surface area (Å²) in [5, 5.41) is 0.919. The first-order valence-electron chi connectivity index (χ1n) is 3.14. The summed E-state index contributed by atoms with van der Waals surface area (Å²) in [6, 6.07) is 4.95. The minimum atomic E-state index is 0.439. The van der Waals surface area contributed by atoms with Gasteiger partial charge in [-0.2, -0.15) is 0 Å². The SMILES string of the molecule is O=CNNc1ccc(Cl)c(Cl)c1. The lowest BCUT2D eigenvalue weighted by Crippen LogP contribution is -2.18. The van der Waals surface area contributed by atoms with Crippen LogP contribution in [0.4, 0.5) is 5.69 Å². The highest BCUT2D eigenvalue weighted by molar-refractivity contribution is 6.42. The summed E-state index contributed by atoms with van der Waals surface area (Å²) in [6.45, 7) is 0. The van der Waals surface area contributed by atoms with Crippen molar-refractivity contribution in [3.8, 4) is 0 Å². The molecule has 0 aliphatic heterocycles. The molecular weight excluding hydrogens is 199 g/mol. The first kappa shape index (κ1) is 9.16. The Hall–Kier alpha value is -0.930. The van der Waals surface area contributed by atoms with Crippen LogP contribution in [0, 0.1) is 0 Å². The zero-order valence-corrected chi connectivity index (χ0v) is 7.49. The summed E-state index contributed by atoms with van der Waals surface area (Å²) in [4.78, 5) is 9.90. The summed E-state index contributed by atoms with van der Waals surface area (Å²) in [5.41, 5.74) is 5.56. The molecule has 0 aliphatic rings. The van der Waals surface area contributed by atoms with E-state index in [1.165, 1.54) is 0 Å². The van der Waals surface area contributed by atoms with Gasteiger partial charge in [0.25, 0.3) is 0 Å². The smallest absolute Gasteiger partial charge is 0.225 e. The molecule has 0 radical (unpaired) electrons. The Bertz CT molecular complexity index is 291. The molecule has 0 fully saturated rings. The van der Waals surface area contributed by atoms with Crippen molar-refractivity contribution in [1.29, 1.82) is 0 Å². The van der Waals surface area contributed by atoms with Crippen molar-refractivity contribution in [3.63, 3.8) is 0 Å². The number of halogens is 2. The summed E-state index contributed by atoms with van der Waals surface area (Å²) >= 11 is 11.4. The van der Waals surface area contributed by atoms with Gasteiger partial charge in [-0.05, 0) is 18.2 Å². The first-order chi connectivity index (χ1) is 5.74. The molecule has 5 heteroatoms. The summed E-state index contributed by atoms with van der Waals surface area (Å²) in [7, 11) is 0. The predicted octanol–water partition coefficient (Wildman–Crippen LogP) is 2.07. The molecule has 1 rings (SSSR count). The van der Waals surface area contributed by atoms with Crippen LogP contribution in [0.3, 0.4) is 0 Å². The molecule has 0 aromatic heterocycles. The second-order valence-corrected chi connectivity index (χ2v) is 2.83. The molecule has 3 nitrogen and oxygen atoms in total. The number of carbonyl (C=O) groups is 1. The molecule has 1 aromatic rings. The number of nitrogens with one attached hydrogen (secondary N) is 2. The van der Waals surface area contributed by atoms with Crippen molar-refractivity contribution in [2.75, 3.05) is 5.43 Å². The number of benzene rings is 1. The molecular formula is C7H6Cl2N2O. The van der Waals surface area contributed by atoms with Gasteiger partial charge in [-0.3, -0.25) is 15.6 Å². The Kier molecular flexibility index (Phi) is 3.19. The van der Waals surface area contributed by atoms with E-state index < -0.39 is 0 Å². The van der Waals surface area contributed by atoms with E-state index in [-0.39, 0.29) is 0 Å². The van der Waals surface area contributed by atoms with Gasteiger partial charge in [0.15, 0.2) is 0 Å². The van der Waals surface area contributed by atoms with Crippen molar-refractivity contribution in [2.45, 2.75) is 0 Å². The van der Waals surface area contributed by atoms with Crippen molar-refractivity contribution < 1.29 is 4.79 Å². The number of hydrogen-bond donors (Lipinski definition) is 2. The van der Waals surface area contributed by atoms with Crippen LogP contribution in [-0.4, -0.2) is 6.41 Å². The fourth-order valence-electron chi connectivity index (χ4n) is 0.687. The molecule has 1 aromatic carbocycles. The van der Waals surface area contributed by atoms with Crippen molar-refractivity contribution >= 4 is 35.3 Å². The number of anilines is 1. The van der Waals surface area contributed by atoms with E-state index in [2.05, 4.69) is 10.9 Å². The fourth-order valence-corrected chi connectivity index (χ4v) is 0.985. The maximum atomic E-state index is 9.90. The van der Waals surface area contributed by atoms with Gasteiger partial charge in [0, 0.05) is 0 Å². The largest absolute Gasteiger partial charge is 0.299 e. The number of hydrogen-bond acceptors (Lipinski definition) is 2. The van der Waals surface area contributed by atoms with E-state index >= 15 is 0 Å². The van der Waals surface area contributed by atoms with Crippen molar-refractivity contribution in [3.05, 3.63) is 28.2 Å². The number of hydrazine groups is 1. The molecule has 0 heterocycles. The van der Waals surface area contributed by atoms with Gasteiger partial charge in [-0.1, -0.05) is 23.2 Å². The van der Waals surface area contributed by atoms with Crippen LogP contribution in [0.5, 0.6) is 0 Å². The molecule has 0 aliphatic carbocycles. The molecule has 12 heavy (non-hydrogen) atoms. The van der Waals surface area contributed by atoms with Crippen molar-refractivity contribution in [1.82, 2.24) is 5.43 Å². The van der Waals surface area contributed by atoms with Crippen LogP contribution in [0.25, 0.3) is 0 Å². The van der Waals surface area contributed by atoms with Gasteiger partial charge in [0.05, 0.1) is 15.7 Å². The Morgan fingerprint density at radius 3 is 2.58 bits per heavy atom. The standard InChI is InChI=1S/C7H6Cl2N2O/c8-6-2-1-5(3-7(6)9)11-10-4-12/h1-4,11H,(H,10,12). The van der Waals surface area contributed by atoms with Crippen LogP contribution < -0.4 is 10.9 Å². The Labute approximate surface area is 79.6 Å². The van der Waals surface area contributed by atoms with Gasteiger partial charge in [0.1, 0.15) is 0 Å². The van der Waals surface area contributed by atoms with Gasteiger partial charge >= 0.3 is 0 Å². The lowest BCUT2D eigenvalue weighted by Gasteiger charge is -2.04. The first-order valence-corrected chi connectivity index (χ1v) is 3.90. The molecule has 0 bridgehead atoms. The van der Waals surface area contributed by atoms with Gasteiger partial charge in [-0.15, -0.1) is 0 Å². The van der Waals surface area contributed by atoms with Crippen molar-refractivity contribution in [2.24, 2.45) is 0 Å². The maximum absolute atomic E-state index is 9.90. The zero-order chi connectivity index (χ0) is 8.97. The summed E-state index contributed by atoms with van der Waals surface area (Å²) in [6.07, 6.45) is 0.530. The van der Waals surface area contributed by atoms with Gasteiger partial charge < -0.3 is 0 Å². The lowest BCUT2D eigenvalue weighted by molar-refractivity contribution is -0.109. The second-order valence-electron chi connectivity index (χ2n) is 2.02. The van der Waals surface area contributed by atoms with Crippen LogP contribution in [0.15, 0.2) is 18.2 Å². The third-order valence-electron chi connectivity index (χ3n) is 1.20. The normalized spacial score (nSPS) is 9.17. The zero-order valence-electron chi connectivity index (χ0n) is 5.97. The fraction of sp³-hybridized carbons (Fsp3) is 0. The second kappa shape index (κ2) is 4.18. The van der Waals surface area contributed by atoms with Gasteiger partial charge in [0.2, 0.25) is 6.41 Å². The van der Waals surface area contributed by atoms with E-state index in [0.717, 1.165) is 0 Å². The minimum absolute atomic E-state index is 0.439.